The SMILES string of the molecule is CCNC(Cn1ncc2ccccc2c1=O)C1CC1. The van der Waals surface area contributed by atoms with E-state index in [2.05, 4.69) is 17.3 Å². The summed E-state index contributed by atoms with van der Waals surface area (Å²) in [7, 11) is 0. The fourth-order valence-corrected chi connectivity index (χ4v) is 2.59. The van der Waals surface area contributed by atoms with Gasteiger partial charge in [0.1, 0.15) is 0 Å². The first-order valence-corrected chi connectivity index (χ1v) is 6.98. The van der Waals surface area contributed by atoms with Gasteiger partial charge in [-0.2, -0.15) is 5.10 Å². The number of nitrogens with one attached hydrogen (secondary N) is 1. The van der Waals surface area contributed by atoms with Crippen LogP contribution in [0.15, 0.2) is 35.3 Å². The smallest absolute Gasteiger partial charge is 0.274 e. The highest BCUT2D eigenvalue weighted by atomic mass is 16.1. The monoisotopic (exact) mass is 257 g/mol. The van der Waals surface area contributed by atoms with Gasteiger partial charge in [-0.15, -0.1) is 0 Å². The quantitative estimate of drug-likeness (QED) is 0.888. The predicted molar refractivity (Wildman–Crippen MR) is 76.2 cm³/mol. The van der Waals surface area contributed by atoms with Gasteiger partial charge in [-0.25, -0.2) is 4.68 Å². The largest absolute Gasteiger partial charge is 0.312 e. The van der Waals surface area contributed by atoms with E-state index in [1.54, 1.807) is 10.9 Å². The maximum absolute atomic E-state index is 12.4. The van der Waals surface area contributed by atoms with Crippen molar-refractivity contribution in [1.82, 2.24) is 15.1 Å². The molecular weight excluding hydrogens is 238 g/mol. The molecule has 1 atom stereocenters. The Labute approximate surface area is 112 Å². The Morgan fingerprint density at radius 3 is 2.95 bits per heavy atom. The van der Waals surface area contributed by atoms with Crippen LogP contribution in [0.4, 0.5) is 0 Å². The van der Waals surface area contributed by atoms with Crippen LogP contribution in [-0.4, -0.2) is 22.4 Å². The lowest BCUT2D eigenvalue weighted by Gasteiger charge is -2.17. The first-order chi connectivity index (χ1) is 9.29. The minimum Gasteiger partial charge on any atom is -0.312 e. The van der Waals surface area contributed by atoms with Crippen molar-refractivity contribution in [2.45, 2.75) is 32.4 Å². The molecule has 1 aliphatic rings. The topological polar surface area (TPSA) is 46.9 Å². The molecule has 1 fully saturated rings. The highest BCUT2D eigenvalue weighted by Gasteiger charge is 2.31. The van der Waals surface area contributed by atoms with Crippen LogP contribution in [0.1, 0.15) is 19.8 Å². The maximum atomic E-state index is 12.4. The standard InChI is InChI=1S/C15H19N3O/c1-2-16-14(11-7-8-11)10-18-15(19)13-6-4-3-5-12(13)9-17-18/h3-6,9,11,14,16H,2,7-8,10H2,1H3. The Kier molecular flexibility index (Phi) is 3.34. The van der Waals surface area contributed by atoms with Crippen LogP contribution in [0.3, 0.4) is 0 Å². The van der Waals surface area contributed by atoms with Gasteiger partial charge in [-0.3, -0.25) is 4.79 Å². The van der Waals surface area contributed by atoms with Gasteiger partial charge < -0.3 is 5.32 Å². The number of rotatable bonds is 5. The summed E-state index contributed by atoms with van der Waals surface area (Å²) in [6.45, 7) is 3.71. The molecule has 100 valence electrons. The summed E-state index contributed by atoms with van der Waals surface area (Å²) in [6.07, 6.45) is 4.31. The van der Waals surface area contributed by atoms with Crippen LogP contribution in [0.2, 0.25) is 0 Å². The molecule has 0 spiro atoms. The average molecular weight is 257 g/mol. The Bertz CT molecular complexity index is 631. The van der Waals surface area contributed by atoms with Crippen molar-refractivity contribution < 1.29 is 0 Å². The summed E-state index contributed by atoms with van der Waals surface area (Å²) in [4.78, 5) is 12.4. The molecule has 0 saturated heterocycles. The number of benzene rings is 1. The minimum atomic E-state index is 0.0154. The van der Waals surface area contributed by atoms with E-state index in [-0.39, 0.29) is 5.56 Å². The number of hydrogen-bond acceptors (Lipinski definition) is 3. The summed E-state index contributed by atoms with van der Waals surface area (Å²) in [6, 6.07) is 8.00. The molecule has 1 aromatic carbocycles. The zero-order valence-electron chi connectivity index (χ0n) is 11.2. The summed E-state index contributed by atoms with van der Waals surface area (Å²) in [5.41, 5.74) is 0.0154. The fourth-order valence-electron chi connectivity index (χ4n) is 2.59. The second-order valence-electron chi connectivity index (χ2n) is 5.22. The molecule has 4 heteroatoms. The summed E-state index contributed by atoms with van der Waals surface area (Å²) < 4.78 is 1.61. The predicted octanol–water partition coefficient (Wildman–Crippen LogP) is 1.78. The number of aromatic nitrogens is 2. The van der Waals surface area contributed by atoms with Crippen LogP contribution >= 0.6 is 0 Å². The van der Waals surface area contributed by atoms with E-state index in [1.807, 2.05) is 24.3 Å². The van der Waals surface area contributed by atoms with Gasteiger partial charge in [-0.05, 0) is 31.4 Å². The number of nitrogens with zero attached hydrogens (tertiary/aromatic N) is 2. The number of likely N-dealkylation sites (N-methyl/N-ethyl adjacent to an activating group) is 1. The fraction of sp³-hybridized carbons (Fsp3) is 0.467. The second-order valence-corrected chi connectivity index (χ2v) is 5.22. The number of fused-ring (bicyclic) bond motifs is 1. The molecule has 0 bridgehead atoms. The van der Waals surface area contributed by atoms with Gasteiger partial charge in [0.2, 0.25) is 0 Å². The van der Waals surface area contributed by atoms with Gasteiger partial charge in [0.05, 0.1) is 18.1 Å². The van der Waals surface area contributed by atoms with E-state index in [1.165, 1.54) is 12.8 Å². The van der Waals surface area contributed by atoms with Crippen molar-refractivity contribution in [1.29, 1.82) is 0 Å². The van der Waals surface area contributed by atoms with E-state index in [4.69, 9.17) is 0 Å². The second kappa shape index (κ2) is 5.13. The lowest BCUT2D eigenvalue weighted by atomic mass is 10.1. The maximum Gasteiger partial charge on any atom is 0.274 e. The Hall–Kier alpha value is -1.68. The molecule has 19 heavy (non-hydrogen) atoms. The molecule has 1 N–H and O–H groups in total. The molecule has 0 radical (unpaired) electrons. The van der Waals surface area contributed by atoms with Gasteiger partial charge in [0.15, 0.2) is 0 Å². The lowest BCUT2D eigenvalue weighted by Crippen LogP contribution is -2.39. The van der Waals surface area contributed by atoms with Gasteiger partial charge in [0, 0.05) is 11.4 Å². The highest BCUT2D eigenvalue weighted by molar-refractivity contribution is 5.80. The molecule has 1 aromatic heterocycles. The van der Waals surface area contributed by atoms with Crippen LogP contribution in [-0.2, 0) is 6.54 Å². The van der Waals surface area contributed by atoms with E-state index in [0.29, 0.717) is 18.5 Å². The molecule has 3 rings (SSSR count). The third kappa shape index (κ3) is 2.54. The van der Waals surface area contributed by atoms with Crippen LogP contribution in [0.5, 0.6) is 0 Å². The van der Waals surface area contributed by atoms with Gasteiger partial charge in [-0.1, -0.05) is 25.1 Å². The van der Waals surface area contributed by atoms with Crippen molar-refractivity contribution in [3.8, 4) is 0 Å². The molecule has 0 amide bonds. The molecular formula is C15H19N3O. The first-order valence-electron chi connectivity index (χ1n) is 6.98. The normalized spacial score (nSPS) is 16.7. The zero-order valence-corrected chi connectivity index (χ0v) is 11.2. The van der Waals surface area contributed by atoms with Crippen LogP contribution in [0, 0.1) is 5.92 Å². The lowest BCUT2D eigenvalue weighted by molar-refractivity contribution is 0.389. The Morgan fingerprint density at radius 2 is 2.21 bits per heavy atom. The molecule has 1 saturated carbocycles. The van der Waals surface area contributed by atoms with Crippen molar-refractivity contribution >= 4 is 10.8 Å². The Balaban J connectivity index is 1.92. The van der Waals surface area contributed by atoms with Crippen molar-refractivity contribution in [3.05, 3.63) is 40.8 Å². The average Bonchev–Trinajstić information content (AvgIpc) is 3.26. The summed E-state index contributed by atoms with van der Waals surface area (Å²) in [5, 5.41) is 9.44. The molecule has 1 unspecified atom stereocenters. The van der Waals surface area contributed by atoms with E-state index >= 15 is 0 Å². The van der Waals surface area contributed by atoms with Crippen molar-refractivity contribution in [2.24, 2.45) is 5.92 Å². The van der Waals surface area contributed by atoms with E-state index in [0.717, 1.165) is 17.3 Å². The first kappa shape index (κ1) is 12.4. The molecule has 0 aliphatic heterocycles. The third-order valence-corrected chi connectivity index (χ3v) is 3.79. The summed E-state index contributed by atoms with van der Waals surface area (Å²) >= 11 is 0. The van der Waals surface area contributed by atoms with Crippen LogP contribution < -0.4 is 10.9 Å². The van der Waals surface area contributed by atoms with Crippen LogP contribution in [0.25, 0.3) is 10.8 Å². The minimum absolute atomic E-state index is 0.0154. The summed E-state index contributed by atoms with van der Waals surface area (Å²) in [5.74, 6) is 0.708. The third-order valence-electron chi connectivity index (χ3n) is 3.79. The van der Waals surface area contributed by atoms with Crippen molar-refractivity contribution in [3.63, 3.8) is 0 Å². The van der Waals surface area contributed by atoms with E-state index < -0.39 is 0 Å². The molecule has 1 heterocycles. The molecule has 1 aliphatic carbocycles. The van der Waals surface area contributed by atoms with Crippen molar-refractivity contribution in [2.75, 3.05) is 6.54 Å². The number of hydrogen-bond donors (Lipinski definition) is 1. The van der Waals surface area contributed by atoms with E-state index in [9.17, 15) is 4.79 Å². The zero-order chi connectivity index (χ0) is 13.2. The molecule has 2 aromatic rings. The van der Waals surface area contributed by atoms with Gasteiger partial charge >= 0.3 is 0 Å². The Morgan fingerprint density at radius 1 is 1.42 bits per heavy atom. The van der Waals surface area contributed by atoms with Gasteiger partial charge in [0.25, 0.3) is 5.56 Å². The molecule has 4 nitrogen and oxygen atoms in total. The highest BCUT2D eigenvalue weighted by Crippen LogP contribution is 2.33.